The van der Waals surface area contributed by atoms with E-state index in [1.807, 2.05) is 4.90 Å². The highest BCUT2D eigenvalue weighted by atomic mass is 16.2. The fraction of sp³-hybridized carbons (Fsp3) is 0.458. The molecule has 3 nitrogen and oxygen atoms in total. The van der Waals surface area contributed by atoms with Crippen LogP contribution in [-0.2, 0) is 11.3 Å². The second-order valence-corrected chi connectivity index (χ2v) is 8.17. The molecule has 1 aliphatic heterocycles. The third-order valence-corrected chi connectivity index (χ3v) is 5.81. The lowest BCUT2D eigenvalue weighted by atomic mass is 9.86. The van der Waals surface area contributed by atoms with Gasteiger partial charge in [0.25, 0.3) is 0 Å². The van der Waals surface area contributed by atoms with Crippen molar-refractivity contribution in [2.24, 2.45) is 5.92 Å². The standard InChI is InChI=1S/C24H32N2O/c1-18(2)26(20(4)27)16-22-15-25(14-21-11-6-5-7-12-21)17-24(22)23-13-9-8-10-19(23)3/h5-13,18,22,24H,14-17H2,1-4H3. The molecule has 27 heavy (non-hydrogen) atoms. The van der Waals surface area contributed by atoms with E-state index in [4.69, 9.17) is 0 Å². The monoisotopic (exact) mass is 364 g/mol. The molecule has 0 bridgehead atoms. The van der Waals surface area contributed by atoms with Gasteiger partial charge in [0.05, 0.1) is 0 Å². The predicted octanol–water partition coefficient (Wildman–Crippen LogP) is 4.47. The van der Waals surface area contributed by atoms with Gasteiger partial charge in [0.15, 0.2) is 0 Å². The summed E-state index contributed by atoms with van der Waals surface area (Å²) in [5, 5.41) is 0. The van der Waals surface area contributed by atoms with E-state index < -0.39 is 0 Å². The predicted molar refractivity (Wildman–Crippen MR) is 112 cm³/mol. The maximum absolute atomic E-state index is 12.2. The van der Waals surface area contributed by atoms with Gasteiger partial charge >= 0.3 is 0 Å². The van der Waals surface area contributed by atoms with Crippen LogP contribution in [0.3, 0.4) is 0 Å². The summed E-state index contributed by atoms with van der Waals surface area (Å²) in [5.41, 5.74) is 4.15. The van der Waals surface area contributed by atoms with Gasteiger partial charge in [-0.15, -0.1) is 0 Å². The van der Waals surface area contributed by atoms with Crippen LogP contribution in [0.1, 0.15) is 43.4 Å². The number of hydrogen-bond acceptors (Lipinski definition) is 2. The van der Waals surface area contributed by atoms with E-state index in [9.17, 15) is 4.79 Å². The quantitative estimate of drug-likeness (QED) is 0.755. The first-order chi connectivity index (χ1) is 13.0. The molecule has 0 aromatic heterocycles. The molecule has 0 aliphatic carbocycles. The van der Waals surface area contributed by atoms with Crippen molar-refractivity contribution in [2.45, 2.75) is 46.2 Å². The van der Waals surface area contributed by atoms with Crippen LogP contribution in [0.4, 0.5) is 0 Å². The normalized spacial score (nSPS) is 20.2. The molecular weight excluding hydrogens is 332 g/mol. The van der Waals surface area contributed by atoms with Gasteiger partial charge in [0.1, 0.15) is 0 Å². The Morgan fingerprint density at radius 2 is 1.74 bits per heavy atom. The van der Waals surface area contributed by atoms with E-state index in [2.05, 4.69) is 80.3 Å². The summed E-state index contributed by atoms with van der Waals surface area (Å²) in [5.74, 6) is 1.10. The summed E-state index contributed by atoms with van der Waals surface area (Å²) in [4.78, 5) is 16.7. The van der Waals surface area contributed by atoms with Crippen LogP contribution in [0.2, 0.25) is 0 Å². The van der Waals surface area contributed by atoms with Crippen LogP contribution < -0.4 is 0 Å². The molecule has 1 saturated heterocycles. The maximum atomic E-state index is 12.2. The highest BCUT2D eigenvalue weighted by Gasteiger charge is 2.36. The van der Waals surface area contributed by atoms with Gasteiger partial charge < -0.3 is 4.90 Å². The maximum Gasteiger partial charge on any atom is 0.219 e. The number of amides is 1. The number of carbonyl (C=O) groups excluding carboxylic acids is 1. The minimum atomic E-state index is 0.176. The topological polar surface area (TPSA) is 23.6 Å². The van der Waals surface area contributed by atoms with Crippen LogP contribution in [0, 0.1) is 12.8 Å². The Labute approximate surface area is 164 Å². The summed E-state index contributed by atoms with van der Waals surface area (Å²) in [6.07, 6.45) is 0. The smallest absolute Gasteiger partial charge is 0.219 e. The zero-order chi connectivity index (χ0) is 19.4. The SMILES string of the molecule is CC(=O)N(CC1CN(Cc2ccccc2)CC1c1ccccc1C)C(C)C. The molecule has 0 spiro atoms. The molecule has 1 aliphatic rings. The first-order valence-corrected chi connectivity index (χ1v) is 10.0. The fourth-order valence-corrected chi connectivity index (χ4v) is 4.43. The Morgan fingerprint density at radius 3 is 2.37 bits per heavy atom. The summed E-state index contributed by atoms with van der Waals surface area (Å²) in [6, 6.07) is 19.7. The van der Waals surface area contributed by atoms with Crippen molar-refractivity contribution in [1.29, 1.82) is 0 Å². The van der Waals surface area contributed by atoms with Crippen molar-refractivity contribution < 1.29 is 4.79 Å². The van der Waals surface area contributed by atoms with Crippen LogP contribution in [0.25, 0.3) is 0 Å². The zero-order valence-electron chi connectivity index (χ0n) is 17.1. The molecule has 2 aromatic carbocycles. The molecule has 0 saturated carbocycles. The molecule has 0 radical (unpaired) electrons. The zero-order valence-corrected chi connectivity index (χ0v) is 17.1. The number of rotatable bonds is 6. The molecule has 3 heteroatoms. The molecular formula is C24H32N2O. The van der Waals surface area contributed by atoms with E-state index in [1.165, 1.54) is 16.7 Å². The van der Waals surface area contributed by atoms with Gasteiger partial charge in [-0.3, -0.25) is 9.69 Å². The van der Waals surface area contributed by atoms with Crippen LogP contribution in [-0.4, -0.2) is 41.4 Å². The van der Waals surface area contributed by atoms with Gasteiger partial charge in [0.2, 0.25) is 5.91 Å². The summed E-state index contributed by atoms with van der Waals surface area (Å²) >= 11 is 0. The Hall–Kier alpha value is -2.13. The van der Waals surface area contributed by atoms with Crippen molar-refractivity contribution >= 4 is 5.91 Å². The largest absolute Gasteiger partial charge is 0.340 e. The number of aryl methyl sites for hydroxylation is 1. The minimum Gasteiger partial charge on any atom is -0.340 e. The molecule has 1 heterocycles. The van der Waals surface area contributed by atoms with Crippen LogP contribution in [0.5, 0.6) is 0 Å². The third-order valence-electron chi connectivity index (χ3n) is 5.81. The summed E-state index contributed by atoms with van der Waals surface area (Å²) in [6.45, 7) is 12.0. The summed E-state index contributed by atoms with van der Waals surface area (Å²) < 4.78 is 0. The number of benzene rings is 2. The molecule has 2 unspecified atom stereocenters. The molecule has 144 valence electrons. The van der Waals surface area contributed by atoms with Crippen molar-refractivity contribution in [2.75, 3.05) is 19.6 Å². The van der Waals surface area contributed by atoms with Crippen molar-refractivity contribution in [3.05, 3.63) is 71.3 Å². The van der Waals surface area contributed by atoms with E-state index in [-0.39, 0.29) is 11.9 Å². The van der Waals surface area contributed by atoms with Gasteiger partial charge in [0, 0.05) is 45.1 Å². The van der Waals surface area contributed by atoms with Gasteiger partial charge in [-0.2, -0.15) is 0 Å². The molecule has 2 atom stereocenters. The summed E-state index contributed by atoms with van der Waals surface area (Å²) in [7, 11) is 0. The number of hydrogen-bond donors (Lipinski definition) is 0. The van der Waals surface area contributed by atoms with E-state index in [0.29, 0.717) is 11.8 Å². The highest BCUT2D eigenvalue weighted by Crippen LogP contribution is 2.36. The van der Waals surface area contributed by atoms with Gasteiger partial charge in [-0.25, -0.2) is 0 Å². The Bertz CT molecular complexity index is 756. The van der Waals surface area contributed by atoms with Gasteiger partial charge in [-0.05, 0) is 43.4 Å². The van der Waals surface area contributed by atoms with Crippen LogP contribution >= 0.6 is 0 Å². The second kappa shape index (κ2) is 8.71. The van der Waals surface area contributed by atoms with Gasteiger partial charge in [-0.1, -0.05) is 54.6 Å². The lowest BCUT2D eigenvalue weighted by molar-refractivity contribution is -0.131. The molecule has 3 rings (SSSR count). The lowest BCUT2D eigenvalue weighted by Gasteiger charge is -2.31. The third kappa shape index (κ3) is 4.78. The van der Waals surface area contributed by atoms with Crippen molar-refractivity contribution in [3.8, 4) is 0 Å². The van der Waals surface area contributed by atoms with E-state index in [1.54, 1.807) is 6.92 Å². The molecule has 0 N–H and O–H groups in total. The Kier molecular flexibility index (Phi) is 6.33. The average Bonchev–Trinajstić information content (AvgIpc) is 3.02. The average molecular weight is 365 g/mol. The highest BCUT2D eigenvalue weighted by molar-refractivity contribution is 5.73. The molecule has 2 aromatic rings. The number of likely N-dealkylation sites (tertiary alicyclic amines) is 1. The second-order valence-electron chi connectivity index (χ2n) is 8.17. The fourth-order valence-electron chi connectivity index (χ4n) is 4.43. The van der Waals surface area contributed by atoms with Crippen molar-refractivity contribution in [1.82, 2.24) is 9.80 Å². The Morgan fingerprint density at radius 1 is 1.07 bits per heavy atom. The van der Waals surface area contributed by atoms with Crippen molar-refractivity contribution in [3.63, 3.8) is 0 Å². The lowest BCUT2D eigenvalue weighted by Crippen LogP contribution is -2.40. The first kappa shape index (κ1) is 19.6. The first-order valence-electron chi connectivity index (χ1n) is 10.0. The van der Waals surface area contributed by atoms with E-state index in [0.717, 1.165) is 26.2 Å². The minimum absolute atomic E-state index is 0.176. The number of nitrogens with zero attached hydrogens (tertiary/aromatic N) is 2. The molecule has 1 fully saturated rings. The van der Waals surface area contributed by atoms with E-state index >= 15 is 0 Å². The van der Waals surface area contributed by atoms with Crippen LogP contribution in [0.15, 0.2) is 54.6 Å². The molecule has 1 amide bonds. The number of carbonyl (C=O) groups is 1. The Balaban J connectivity index is 1.83.